The highest BCUT2D eigenvalue weighted by Gasteiger charge is 2.57. The Balaban J connectivity index is 1.63. The number of rotatable bonds is 7. The van der Waals surface area contributed by atoms with Crippen LogP contribution in [0.3, 0.4) is 0 Å². The lowest BCUT2D eigenvalue weighted by molar-refractivity contribution is -0.272. The van der Waals surface area contributed by atoms with E-state index in [1.54, 1.807) is 0 Å². The third-order valence-corrected chi connectivity index (χ3v) is 5.28. The van der Waals surface area contributed by atoms with Crippen molar-refractivity contribution in [3.63, 3.8) is 0 Å². The molecule has 2 aromatic rings. The first kappa shape index (κ1) is 23.1. The van der Waals surface area contributed by atoms with Gasteiger partial charge in [0.05, 0.1) is 5.69 Å². The molecule has 3 rings (SSSR count). The van der Waals surface area contributed by atoms with Crippen molar-refractivity contribution < 1.29 is 22.8 Å². The first-order valence-corrected chi connectivity index (χ1v) is 10.2. The maximum atomic E-state index is 13.7. The monoisotopic (exact) mass is 443 g/mol. The van der Waals surface area contributed by atoms with Gasteiger partial charge in [0.1, 0.15) is 12.1 Å². The molecule has 1 saturated heterocycles. The summed E-state index contributed by atoms with van der Waals surface area (Å²) < 4.78 is 47.1. The number of nitrogens with one attached hydrogen (secondary N) is 1. The average Bonchev–Trinajstić information content (AvgIpc) is 3.39. The molecule has 9 nitrogen and oxygen atoms in total. The summed E-state index contributed by atoms with van der Waals surface area (Å²) in [6.45, 7) is 5.83. The predicted octanol–water partition coefficient (Wildman–Crippen LogP) is 1.33. The standard InChI is InChI=1S/C19H28F3N7O2/c1-3-23-17(29-11-9-28(10-12-29)14-15-4-13-31-26-15)25-6-5-18(30,19(20,21)22)16-24-7-8-27(16)2/h4,7-8,13,30H,3,5-6,9-12,14H2,1-2H3,(H,23,25). The van der Waals surface area contributed by atoms with Gasteiger partial charge in [-0.3, -0.25) is 9.89 Å². The average molecular weight is 443 g/mol. The summed E-state index contributed by atoms with van der Waals surface area (Å²) in [4.78, 5) is 12.3. The molecule has 12 heteroatoms. The largest absolute Gasteiger partial charge is 0.424 e. The zero-order chi connectivity index (χ0) is 22.5. The second kappa shape index (κ2) is 9.69. The molecule has 1 atom stereocenters. The minimum atomic E-state index is -4.87. The van der Waals surface area contributed by atoms with Crippen LogP contribution in [0.4, 0.5) is 13.2 Å². The van der Waals surface area contributed by atoms with Gasteiger partial charge in [0.15, 0.2) is 5.96 Å². The lowest BCUT2D eigenvalue weighted by Crippen LogP contribution is -2.52. The summed E-state index contributed by atoms with van der Waals surface area (Å²) in [7, 11) is 1.42. The maximum absolute atomic E-state index is 13.7. The molecule has 31 heavy (non-hydrogen) atoms. The number of halogens is 3. The number of aromatic nitrogens is 3. The van der Waals surface area contributed by atoms with Gasteiger partial charge in [-0.1, -0.05) is 5.16 Å². The number of piperazine rings is 1. The molecule has 1 fully saturated rings. The number of alkyl halides is 3. The second-order valence-corrected chi connectivity index (χ2v) is 7.46. The molecule has 0 radical (unpaired) electrons. The fourth-order valence-corrected chi connectivity index (χ4v) is 3.56. The SMILES string of the molecule is CCNC(=NCCC(O)(c1nccn1C)C(F)(F)F)N1CCN(Cc2ccon2)CC1. The summed E-state index contributed by atoms with van der Waals surface area (Å²) in [6.07, 6.45) is -1.35. The lowest BCUT2D eigenvalue weighted by atomic mass is 9.98. The maximum Gasteiger partial charge on any atom is 0.424 e. The Morgan fingerprint density at radius 3 is 2.58 bits per heavy atom. The minimum absolute atomic E-state index is 0.204. The van der Waals surface area contributed by atoms with Crippen LogP contribution in [0.25, 0.3) is 0 Å². The van der Waals surface area contributed by atoms with Crippen LogP contribution in [-0.2, 0) is 19.2 Å². The van der Waals surface area contributed by atoms with Crippen molar-refractivity contribution in [2.24, 2.45) is 12.0 Å². The van der Waals surface area contributed by atoms with Crippen molar-refractivity contribution in [2.45, 2.75) is 31.7 Å². The summed E-state index contributed by atoms with van der Waals surface area (Å²) >= 11 is 0. The van der Waals surface area contributed by atoms with E-state index in [4.69, 9.17) is 4.52 Å². The van der Waals surface area contributed by atoms with E-state index in [0.29, 0.717) is 32.1 Å². The van der Waals surface area contributed by atoms with E-state index >= 15 is 0 Å². The Morgan fingerprint density at radius 1 is 1.29 bits per heavy atom. The normalized spacial score (nSPS) is 18.3. The van der Waals surface area contributed by atoms with Crippen LogP contribution in [0.2, 0.25) is 0 Å². The number of hydrogen-bond acceptors (Lipinski definition) is 6. The summed E-state index contributed by atoms with van der Waals surface area (Å²) in [5.74, 6) is 0.0922. The minimum Gasteiger partial charge on any atom is -0.374 e. The zero-order valence-electron chi connectivity index (χ0n) is 17.6. The number of aliphatic imine (C=N–C) groups is 1. The number of guanidine groups is 1. The molecule has 0 amide bonds. The molecule has 2 aromatic heterocycles. The van der Waals surface area contributed by atoms with Gasteiger partial charge in [0.25, 0.3) is 0 Å². The van der Waals surface area contributed by atoms with Crippen LogP contribution >= 0.6 is 0 Å². The molecule has 1 aliphatic heterocycles. The van der Waals surface area contributed by atoms with Crippen LogP contribution < -0.4 is 5.32 Å². The number of aryl methyl sites for hydroxylation is 1. The number of hydrogen-bond donors (Lipinski definition) is 2. The first-order chi connectivity index (χ1) is 14.7. The topological polar surface area (TPSA) is 95.0 Å². The van der Waals surface area contributed by atoms with Gasteiger partial charge in [-0.25, -0.2) is 4.98 Å². The van der Waals surface area contributed by atoms with Crippen LogP contribution in [0.15, 0.2) is 34.2 Å². The molecule has 0 aliphatic carbocycles. The summed E-state index contributed by atoms with van der Waals surface area (Å²) in [6, 6.07) is 1.82. The molecular weight excluding hydrogens is 415 g/mol. The van der Waals surface area contributed by atoms with Crippen LogP contribution in [0.1, 0.15) is 24.9 Å². The predicted molar refractivity (Wildman–Crippen MR) is 107 cm³/mol. The molecule has 1 aliphatic rings. The van der Waals surface area contributed by atoms with E-state index in [9.17, 15) is 18.3 Å². The van der Waals surface area contributed by atoms with E-state index < -0.39 is 24.0 Å². The highest BCUT2D eigenvalue weighted by Crippen LogP contribution is 2.40. The highest BCUT2D eigenvalue weighted by atomic mass is 19.4. The number of imidazole rings is 1. The third-order valence-electron chi connectivity index (χ3n) is 5.28. The quantitative estimate of drug-likeness (QED) is 0.493. The van der Waals surface area contributed by atoms with Crippen molar-refractivity contribution in [3.05, 3.63) is 36.2 Å². The van der Waals surface area contributed by atoms with E-state index in [2.05, 4.69) is 25.3 Å². The van der Waals surface area contributed by atoms with Crippen molar-refractivity contribution in [1.82, 2.24) is 29.8 Å². The van der Waals surface area contributed by atoms with E-state index in [-0.39, 0.29) is 6.54 Å². The van der Waals surface area contributed by atoms with Gasteiger partial charge in [0.2, 0.25) is 5.60 Å². The van der Waals surface area contributed by atoms with Crippen molar-refractivity contribution in [1.29, 1.82) is 0 Å². The number of aliphatic hydroxyl groups is 1. The smallest absolute Gasteiger partial charge is 0.374 e. The molecule has 0 saturated carbocycles. The fraction of sp³-hybridized carbons (Fsp3) is 0.632. The van der Waals surface area contributed by atoms with Gasteiger partial charge in [-0.05, 0) is 6.92 Å². The number of nitrogens with zero attached hydrogens (tertiary/aromatic N) is 6. The lowest BCUT2D eigenvalue weighted by Gasteiger charge is -2.36. The molecule has 3 heterocycles. The fourth-order valence-electron chi connectivity index (χ4n) is 3.56. The molecule has 1 unspecified atom stereocenters. The van der Waals surface area contributed by atoms with Crippen molar-refractivity contribution >= 4 is 5.96 Å². The van der Waals surface area contributed by atoms with Crippen molar-refractivity contribution in [2.75, 3.05) is 39.3 Å². The molecular formula is C19H28F3N7O2. The summed E-state index contributed by atoms with van der Waals surface area (Å²) in [5.41, 5.74) is -2.21. The van der Waals surface area contributed by atoms with E-state index in [1.165, 1.54) is 30.3 Å². The van der Waals surface area contributed by atoms with Crippen LogP contribution in [0, 0.1) is 0 Å². The van der Waals surface area contributed by atoms with Crippen molar-refractivity contribution in [3.8, 4) is 0 Å². The van der Waals surface area contributed by atoms with Gasteiger partial charge in [-0.15, -0.1) is 0 Å². The molecule has 0 bridgehead atoms. The highest BCUT2D eigenvalue weighted by molar-refractivity contribution is 5.80. The van der Waals surface area contributed by atoms with Gasteiger partial charge < -0.3 is 24.4 Å². The first-order valence-electron chi connectivity index (χ1n) is 10.2. The third kappa shape index (κ3) is 5.37. The van der Waals surface area contributed by atoms with E-state index in [1.807, 2.05) is 17.9 Å². The second-order valence-electron chi connectivity index (χ2n) is 7.46. The Bertz CT molecular complexity index is 845. The molecule has 172 valence electrons. The van der Waals surface area contributed by atoms with Gasteiger partial charge in [0, 0.05) is 77.7 Å². The zero-order valence-corrected chi connectivity index (χ0v) is 17.6. The van der Waals surface area contributed by atoms with Crippen LogP contribution in [-0.4, -0.2) is 81.0 Å². The Morgan fingerprint density at radius 2 is 2.03 bits per heavy atom. The van der Waals surface area contributed by atoms with Gasteiger partial charge >= 0.3 is 6.18 Å². The van der Waals surface area contributed by atoms with Crippen LogP contribution in [0.5, 0.6) is 0 Å². The molecule has 2 N–H and O–H groups in total. The Kier molecular flexibility index (Phi) is 7.21. The Hall–Kier alpha value is -2.60. The van der Waals surface area contributed by atoms with Gasteiger partial charge in [-0.2, -0.15) is 13.2 Å². The van der Waals surface area contributed by atoms with E-state index in [0.717, 1.165) is 18.8 Å². The molecule has 0 aromatic carbocycles. The summed E-state index contributed by atoms with van der Waals surface area (Å²) in [5, 5.41) is 17.5. The Labute approximate surface area is 178 Å². The molecule has 0 spiro atoms.